The SMILES string of the molecule is C[C@@H](N)Cc1cccc(-c2ccn(C)n2)c1. The molecule has 0 saturated carbocycles. The standard InChI is InChI=1S/C13H17N3/c1-10(14)8-11-4-3-5-12(9-11)13-6-7-16(2)15-13/h3-7,9-10H,8,14H2,1-2H3/t10-/m1/s1. The Morgan fingerprint density at radius 2 is 2.19 bits per heavy atom. The number of aromatic nitrogens is 2. The van der Waals surface area contributed by atoms with Crippen LogP contribution in [0.1, 0.15) is 12.5 Å². The molecule has 0 saturated heterocycles. The van der Waals surface area contributed by atoms with Crippen molar-refractivity contribution >= 4 is 0 Å². The molecule has 0 bridgehead atoms. The summed E-state index contributed by atoms with van der Waals surface area (Å²) in [6, 6.07) is 10.6. The van der Waals surface area contributed by atoms with Crippen molar-refractivity contribution in [3.05, 3.63) is 42.1 Å². The first-order valence-corrected chi connectivity index (χ1v) is 5.49. The van der Waals surface area contributed by atoms with Gasteiger partial charge in [0.05, 0.1) is 5.69 Å². The highest BCUT2D eigenvalue weighted by atomic mass is 15.2. The van der Waals surface area contributed by atoms with E-state index in [4.69, 9.17) is 5.73 Å². The maximum absolute atomic E-state index is 5.80. The number of hydrogen-bond acceptors (Lipinski definition) is 2. The Labute approximate surface area is 95.9 Å². The molecule has 2 N–H and O–H groups in total. The monoisotopic (exact) mass is 215 g/mol. The van der Waals surface area contributed by atoms with Gasteiger partial charge in [-0.25, -0.2) is 0 Å². The zero-order chi connectivity index (χ0) is 11.5. The summed E-state index contributed by atoms with van der Waals surface area (Å²) in [6.45, 7) is 2.02. The van der Waals surface area contributed by atoms with Crippen molar-refractivity contribution in [3.63, 3.8) is 0 Å². The molecule has 1 heterocycles. The van der Waals surface area contributed by atoms with E-state index in [1.54, 1.807) is 0 Å². The van der Waals surface area contributed by atoms with E-state index < -0.39 is 0 Å². The van der Waals surface area contributed by atoms with E-state index in [1.165, 1.54) is 5.56 Å². The van der Waals surface area contributed by atoms with Gasteiger partial charge < -0.3 is 5.73 Å². The average molecular weight is 215 g/mol. The molecular weight excluding hydrogens is 198 g/mol. The largest absolute Gasteiger partial charge is 0.328 e. The lowest BCUT2D eigenvalue weighted by Crippen LogP contribution is -2.17. The lowest BCUT2D eigenvalue weighted by atomic mass is 10.0. The van der Waals surface area contributed by atoms with Crippen molar-refractivity contribution in [2.75, 3.05) is 0 Å². The number of aryl methyl sites for hydroxylation is 1. The van der Waals surface area contributed by atoms with Gasteiger partial charge >= 0.3 is 0 Å². The van der Waals surface area contributed by atoms with Crippen molar-refractivity contribution in [1.29, 1.82) is 0 Å². The van der Waals surface area contributed by atoms with Crippen LogP contribution in [0.2, 0.25) is 0 Å². The second-order valence-corrected chi connectivity index (χ2v) is 4.26. The molecule has 0 aliphatic heterocycles. The second-order valence-electron chi connectivity index (χ2n) is 4.26. The van der Waals surface area contributed by atoms with E-state index in [2.05, 4.69) is 29.4 Å². The summed E-state index contributed by atoms with van der Waals surface area (Å²) in [4.78, 5) is 0. The summed E-state index contributed by atoms with van der Waals surface area (Å²) in [5.74, 6) is 0. The van der Waals surface area contributed by atoms with Crippen LogP contribution >= 0.6 is 0 Å². The van der Waals surface area contributed by atoms with E-state index >= 15 is 0 Å². The fourth-order valence-corrected chi connectivity index (χ4v) is 1.80. The lowest BCUT2D eigenvalue weighted by Gasteiger charge is -2.06. The third kappa shape index (κ3) is 2.49. The minimum atomic E-state index is 0.194. The minimum absolute atomic E-state index is 0.194. The zero-order valence-corrected chi connectivity index (χ0v) is 9.72. The molecule has 3 nitrogen and oxygen atoms in total. The fourth-order valence-electron chi connectivity index (χ4n) is 1.80. The first kappa shape index (κ1) is 10.9. The lowest BCUT2D eigenvalue weighted by molar-refractivity contribution is 0.738. The van der Waals surface area contributed by atoms with Crippen LogP contribution < -0.4 is 5.73 Å². The van der Waals surface area contributed by atoms with Crippen molar-refractivity contribution in [3.8, 4) is 11.3 Å². The predicted molar refractivity (Wildman–Crippen MR) is 66.0 cm³/mol. The normalized spacial score (nSPS) is 12.7. The number of hydrogen-bond donors (Lipinski definition) is 1. The van der Waals surface area contributed by atoms with E-state index in [1.807, 2.05) is 30.9 Å². The summed E-state index contributed by atoms with van der Waals surface area (Å²) < 4.78 is 1.81. The average Bonchev–Trinajstić information content (AvgIpc) is 2.64. The van der Waals surface area contributed by atoms with Crippen LogP contribution in [0.25, 0.3) is 11.3 Å². The van der Waals surface area contributed by atoms with Gasteiger partial charge in [-0.05, 0) is 31.0 Å². The van der Waals surface area contributed by atoms with Crippen LogP contribution in [-0.2, 0) is 13.5 Å². The summed E-state index contributed by atoms with van der Waals surface area (Å²) in [5, 5.41) is 4.39. The second kappa shape index (κ2) is 4.49. The minimum Gasteiger partial charge on any atom is -0.328 e. The molecule has 0 aliphatic rings. The first-order valence-electron chi connectivity index (χ1n) is 5.49. The van der Waals surface area contributed by atoms with Gasteiger partial charge in [0.15, 0.2) is 0 Å². The van der Waals surface area contributed by atoms with Crippen LogP contribution in [0.5, 0.6) is 0 Å². The quantitative estimate of drug-likeness (QED) is 0.850. The smallest absolute Gasteiger partial charge is 0.0923 e. The predicted octanol–water partition coefficient (Wildman–Crippen LogP) is 1.98. The summed E-state index contributed by atoms with van der Waals surface area (Å²) in [6.07, 6.45) is 2.86. The highest BCUT2D eigenvalue weighted by molar-refractivity contribution is 5.59. The summed E-state index contributed by atoms with van der Waals surface area (Å²) >= 11 is 0. The molecule has 84 valence electrons. The van der Waals surface area contributed by atoms with E-state index in [-0.39, 0.29) is 6.04 Å². The Balaban J connectivity index is 2.28. The Kier molecular flexibility index (Phi) is 3.06. The Bertz CT molecular complexity index is 472. The van der Waals surface area contributed by atoms with Gasteiger partial charge in [-0.15, -0.1) is 0 Å². The van der Waals surface area contributed by atoms with Gasteiger partial charge in [-0.3, -0.25) is 4.68 Å². The van der Waals surface area contributed by atoms with Crippen LogP contribution in [-0.4, -0.2) is 15.8 Å². The molecule has 2 aromatic rings. The van der Waals surface area contributed by atoms with Gasteiger partial charge in [-0.1, -0.05) is 18.2 Å². The molecular formula is C13H17N3. The van der Waals surface area contributed by atoms with Crippen molar-refractivity contribution < 1.29 is 0 Å². The Hall–Kier alpha value is -1.61. The molecule has 0 fully saturated rings. The molecule has 0 radical (unpaired) electrons. The van der Waals surface area contributed by atoms with Crippen molar-refractivity contribution in [2.45, 2.75) is 19.4 Å². The van der Waals surface area contributed by atoms with Gasteiger partial charge in [0.1, 0.15) is 0 Å². The molecule has 2 rings (SSSR count). The zero-order valence-electron chi connectivity index (χ0n) is 9.72. The summed E-state index contributed by atoms with van der Waals surface area (Å²) in [5.41, 5.74) is 9.22. The van der Waals surface area contributed by atoms with E-state index in [9.17, 15) is 0 Å². The molecule has 0 unspecified atom stereocenters. The summed E-state index contributed by atoms with van der Waals surface area (Å²) in [7, 11) is 1.93. The Morgan fingerprint density at radius 3 is 2.81 bits per heavy atom. The molecule has 0 aliphatic carbocycles. The topological polar surface area (TPSA) is 43.8 Å². The highest BCUT2D eigenvalue weighted by Gasteiger charge is 2.03. The number of nitrogens with zero attached hydrogens (tertiary/aromatic N) is 2. The van der Waals surface area contributed by atoms with Gasteiger partial charge in [0.2, 0.25) is 0 Å². The number of benzene rings is 1. The molecule has 1 aromatic carbocycles. The fraction of sp³-hybridized carbons (Fsp3) is 0.308. The van der Waals surface area contributed by atoms with Crippen molar-refractivity contribution in [1.82, 2.24) is 9.78 Å². The maximum atomic E-state index is 5.80. The molecule has 0 amide bonds. The molecule has 0 spiro atoms. The third-order valence-electron chi connectivity index (χ3n) is 2.49. The van der Waals surface area contributed by atoms with Crippen LogP contribution in [0.15, 0.2) is 36.5 Å². The van der Waals surface area contributed by atoms with Gasteiger partial charge in [0, 0.05) is 24.8 Å². The third-order valence-corrected chi connectivity index (χ3v) is 2.49. The van der Waals surface area contributed by atoms with E-state index in [0.717, 1.165) is 17.7 Å². The van der Waals surface area contributed by atoms with Crippen LogP contribution in [0.3, 0.4) is 0 Å². The van der Waals surface area contributed by atoms with Gasteiger partial charge in [0.25, 0.3) is 0 Å². The van der Waals surface area contributed by atoms with Crippen LogP contribution in [0.4, 0.5) is 0 Å². The highest BCUT2D eigenvalue weighted by Crippen LogP contribution is 2.18. The number of rotatable bonds is 3. The molecule has 1 atom stereocenters. The first-order chi connectivity index (χ1) is 7.65. The maximum Gasteiger partial charge on any atom is 0.0923 e. The van der Waals surface area contributed by atoms with Gasteiger partial charge in [-0.2, -0.15) is 5.10 Å². The molecule has 1 aromatic heterocycles. The van der Waals surface area contributed by atoms with Crippen LogP contribution in [0, 0.1) is 0 Å². The number of nitrogens with two attached hydrogens (primary N) is 1. The Morgan fingerprint density at radius 1 is 1.38 bits per heavy atom. The molecule has 3 heteroatoms. The van der Waals surface area contributed by atoms with E-state index in [0.29, 0.717) is 0 Å². The van der Waals surface area contributed by atoms with Crippen molar-refractivity contribution in [2.24, 2.45) is 12.8 Å². The molecule has 16 heavy (non-hydrogen) atoms.